The largest absolute Gasteiger partial charge is 0.497 e. The van der Waals surface area contributed by atoms with Gasteiger partial charge < -0.3 is 25.4 Å². The van der Waals surface area contributed by atoms with Gasteiger partial charge in [-0.3, -0.25) is 9.59 Å². The number of ether oxygens (including phenoxy) is 2. The van der Waals surface area contributed by atoms with Crippen molar-refractivity contribution in [3.8, 4) is 5.75 Å². The first-order chi connectivity index (χ1) is 16.0. The van der Waals surface area contributed by atoms with Crippen LogP contribution in [0, 0.1) is 11.7 Å². The number of amides is 2. The van der Waals surface area contributed by atoms with Crippen molar-refractivity contribution < 1.29 is 23.5 Å². The number of methoxy groups -OCH3 is 1. The van der Waals surface area contributed by atoms with Crippen LogP contribution in [0.15, 0.2) is 72.5 Å². The van der Waals surface area contributed by atoms with E-state index in [1.807, 2.05) is 30.3 Å². The van der Waals surface area contributed by atoms with E-state index in [9.17, 15) is 14.0 Å². The summed E-state index contributed by atoms with van der Waals surface area (Å²) in [5.74, 6) is 0.439. The lowest BCUT2D eigenvalue weighted by molar-refractivity contribution is -0.127. The zero-order valence-electron chi connectivity index (χ0n) is 18.5. The number of nitrogens with one attached hydrogen (secondary N) is 3. The summed E-state index contributed by atoms with van der Waals surface area (Å²) in [5.41, 5.74) is 1.78. The standard InChI is InChI=1S/C25H28FN3O4/c1-32-22-10-4-19(5-11-22)25(31)29-16-24(30)28-15-14-27-21-8-12-23(13-9-21)33-17-18-2-6-20(26)7-3-18/h2-4,6-13,19,27H,5,14-17H2,1H3,(H,28,30)(H,29,31). The second kappa shape index (κ2) is 12.3. The van der Waals surface area contributed by atoms with E-state index in [-0.39, 0.29) is 30.1 Å². The van der Waals surface area contributed by atoms with Crippen molar-refractivity contribution in [3.63, 3.8) is 0 Å². The molecule has 1 aliphatic carbocycles. The average molecular weight is 454 g/mol. The van der Waals surface area contributed by atoms with Gasteiger partial charge in [0.2, 0.25) is 11.8 Å². The van der Waals surface area contributed by atoms with E-state index < -0.39 is 0 Å². The molecular weight excluding hydrogens is 425 g/mol. The lowest BCUT2D eigenvalue weighted by atomic mass is 9.99. The van der Waals surface area contributed by atoms with Gasteiger partial charge >= 0.3 is 0 Å². The molecule has 0 spiro atoms. The van der Waals surface area contributed by atoms with Crippen LogP contribution < -0.4 is 20.7 Å². The molecule has 0 aromatic heterocycles. The molecule has 0 bridgehead atoms. The number of allylic oxidation sites excluding steroid dienone is 2. The molecule has 1 aliphatic rings. The quantitative estimate of drug-likeness (QED) is 0.455. The first-order valence-electron chi connectivity index (χ1n) is 10.7. The molecule has 7 nitrogen and oxygen atoms in total. The van der Waals surface area contributed by atoms with E-state index >= 15 is 0 Å². The highest BCUT2D eigenvalue weighted by Crippen LogP contribution is 2.18. The number of carbonyl (C=O) groups excluding carboxylic acids is 2. The van der Waals surface area contributed by atoms with Gasteiger partial charge in [-0.2, -0.15) is 0 Å². The molecule has 0 heterocycles. The molecule has 0 aliphatic heterocycles. The Labute approximate surface area is 192 Å². The maximum Gasteiger partial charge on any atom is 0.239 e. The normalized spacial score (nSPS) is 14.7. The SMILES string of the molecule is COC1=CCC(C(=O)NCC(=O)NCCNc2ccc(OCc3ccc(F)cc3)cc2)C=C1. The Morgan fingerprint density at radius 2 is 1.79 bits per heavy atom. The molecule has 1 unspecified atom stereocenters. The number of halogens is 1. The topological polar surface area (TPSA) is 88.7 Å². The van der Waals surface area contributed by atoms with Gasteiger partial charge in [-0.25, -0.2) is 4.39 Å². The molecule has 2 aromatic rings. The summed E-state index contributed by atoms with van der Waals surface area (Å²) >= 11 is 0. The molecule has 2 aromatic carbocycles. The Balaban J connectivity index is 1.28. The van der Waals surface area contributed by atoms with Crippen molar-refractivity contribution >= 4 is 17.5 Å². The van der Waals surface area contributed by atoms with E-state index in [0.29, 0.717) is 31.9 Å². The van der Waals surface area contributed by atoms with Crippen LogP contribution in [0.4, 0.5) is 10.1 Å². The summed E-state index contributed by atoms with van der Waals surface area (Å²) in [6.07, 6.45) is 5.92. The molecule has 174 valence electrons. The number of hydrogen-bond acceptors (Lipinski definition) is 5. The second-order valence-electron chi connectivity index (χ2n) is 7.45. The highest BCUT2D eigenvalue weighted by molar-refractivity contribution is 5.86. The number of hydrogen-bond donors (Lipinski definition) is 3. The Morgan fingerprint density at radius 1 is 1.03 bits per heavy atom. The number of anilines is 1. The minimum atomic E-state index is -0.291. The summed E-state index contributed by atoms with van der Waals surface area (Å²) < 4.78 is 23.7. The third-order valence-corrected chi connectivity index (χ3v) is 5.01. The van der Waals surface area contributed by atoms with Crippen LogP contribution in [-0.2, 0) is 20.9 Å². The Kier molecular flexibility index (Phi) is 8.88. The van der Waals surface area contributed by atoms with Crippen LogP contribution in [-0.4, -0.2) is 38.6 Å². The molecule has 8 heteroatoms. The van der Waals surface area contributed by atoms with Crippen LogP contribution >= 0.6 is 0 Å². The van der Waals surface area contributed by atoms with Gasteiger partial charge in [0.15, 0.2) is 0 Å². The van der Waals surface area contributed by atoms with Crippen LogP contribution in [0.1, 0.15) is 12.0 Å². The fourth-order valence-corrected chi connectivity index (χ4v) is 3.13. The van der Waals surface area contributed by atoms with Gasteiger partial charge in [-0.15, -0.1) is 0 Å². The lowest BCUT2D eigenvalue weighted by Crippen LogP contribution is -2.40. The van der Waals surface area contributed by atoms with Gasteiger partial charge in [0.1, 0.15) is 23.9 Å². The summed E-state index contributed by atoms with van der Waals surface area (Å²) in [6.45, 7) is 1.24. The van der Waals surface area contributed by atoms with Crippen molar-refractivity contribution in [2.24, 2.45) is 5.92 Å². The van der Waals surface area contributed by atoms with E-state index in [4.69, 9.17) is 9.47 Å². The van der Waals surface area contributed by atoms with Crippen molar-refractivity contribution in [3.05, 3.63) is 83.9 Å². The van der Waals surface area contributed by atoms with Crippen molar-refractivity contribution in [1.29, 1.82) is 0 Å². The van der Waals surface area contributed by atoms with Crippen molar-refractivity contribution in [2.75, 3.05) is 32.1 Å². The molecule has 0 saturated carbocycles. The van der Waals surface area contributed by atoms with E-state index in [1.54, 1.807) is 31.4 Å². The lowest BCUT2D eigenvalue weighted by Gasteiger charge is -2.15. The van der Waals surface area contributed by atoms with Gasteiger partial charge in [-0.05, 0) is 60.5 Å². The summed E-state index contributed by atoms with van der Waals surface area (Å²) in [5, 5.41) is 8.62. The average Bonchev–Trinajstić information content (AvgIpc) is 2.85. The zero-order chi connectivity index (χ0) is 23.5. The van der Waals surface area contributed by atoms with Crippen molar-refractivity contribution in [2.45, 2.75) is 13.0 Å². The van der Waals surface area contributed by atoms with Crippen LogP contribution in [0.5, 0.6) is 5.75 Å². The van der Waals surface area contributed by atoms with E-state index in [2.05, 4.69) is 16.0 Å². The highest BCUT2D eigenvalue weighted by Gasteiger charge is 2.17. The fraction of sp³-hybridized carbons (Fsp3) is 0.280. The predicted octanol–water partition coefficient (Wildman–Crippen LogP) is 3.16. The van der Waals surface area contributed by atoms with Crippen LogP contribution in [0.25, 0.3) is 0 Å². The molecule has 0 saturated heterocycles. The van der Waals surface area contributed by atoms with Crippen LogP contribution in [0.3, 0.4) is 0 Å². The highest BCUT2D eigenvalue weighted by atomic mass is 19.1. The Hall–Kier alpha value is -3.81. The number of benzene rings is 2. The fourth-order valence-electron chi connectivity index (χ4n) is 3.13. The maximum absolute atomic E-state index is 12.9. The number of carbonyl (C=O) groups is 2. The summed E-state index contributed by atoms with van der Waals surface area (Å²) in [4.78, 5) is 24.1. The smallest absolute Gasteiger partial charge is 0.239 e. The molecule has 0 fully saturated rings. The van der Waals surface area contributed by atoms with Crippen molar-refractivity contribution in [1.82, 2.24) is 10.6 Å². The zero-order valence-corrected chi connectivity index (χ0v) is 18.5. The van der Waals surface area contributed by atoms with Gasteiger partial charge in [0.25, 0.3) is 0 Å². The first kappa shape index (κ1) is 23.8. The predicted molar refractivity (Wildman–Crippen MR) is 124 cm³/mol. The monoisotopic (exact) mass is 453 g/mol. The molecular formula is C25H28FN3O4. The molecule has 3 N–H and O–H groups in total. The van der Waals surface area contributed by atoms with Crippen LogP contribution in [0.2, 0.25) is 0 Å². The minimum absolute atomic E-state index is 0.0654. The maximum atomic E-state index is 12.9. The molecule has 2 amide bonds. The molecule has 1 atom stereocenters. The third-order valence-electron chi connectivity index (χ3n) is 5.01. The Bertz CT molecular complexity index is 988. The first-order valence-corrected chi connectivity index (χ1v) is 10.7. The Morgan fingerprint density at radius 3 is 2.45 bits per heavy atom. The minimum Gasteiger partial charge on any atom is -0.497 e. The van der Waals surface area contributed by atoms with E-state index in [1.165, 1.54) is 12.1 Å². The van der Waals surface area contributed by atoms with E-state index in [0.717, 1.165) is 17.0 Å². The molecule has 33 heavy (non-hydrogen) atoms. The number of rotatable bonds is 11. The van der Waals surface area contributed by atoms with Gasteiger partial charge in [-0.1, -0.05) is 18.2 Å². The third kappa shape index (κ3) is 7.99. The summed E-state index contributed by atoms with van der Waals surface area (Å²) in [6, 6.07) is 13.6. The second-order valence-corrected chi connectivity index (χ2v) is 7.45. The van der Waals surface area contributed by atoms with Gasteiger partial charge in [0.05, 0.1) is 19.6 Å². The van der Waals surface area contributed by atoms with Gasteiger partial charge in [0, 0.05) is 18.8 Å². The summed E-state index contributed by atoms with van der Waals surface area (Å²) in [7, 11) is 1.58. The molecule has 0 radical (unpaired) electrons. The molecule has 3 rings (SSSR count).